The van der Waals surface area contributed by atoms with Gasteiger partial charge in [-0.1, -0.05) is 44.8 Å². The number of nitrogens with one attached hydrogen (secondary N) is 1. The molecule has 0 aliphatic rings. The third-order valence-corrected chi connectivity index (χ3v) is 6.28. The molecule has 2 N–H and O–H groups in total. The summed E-state index contributed by atoms with van der Waals surface area (Å²) >= 11 is 0. The third-order valence-electron chi connectivity index (χ3n) is 4.93. The first-order chi connectivity index (χ1) is 23.5. The van der Waals surface area contributed by atoms with E-state index in [1.807, 2.05) is 0 Å². The van der Waals surface area contributed by atoms with Gasteiger partial charge in [-0.3, -0.25) is 4.72 Å². The summed E-state index contributed by atoms with van der Waals surface area (Å²) in [5.74, 6) is -2.60. The highest BCUT2D eigenvalue weighted by Crippen LogP contribution is 2.41. The summed E-state index contributed by atoms with van der Waals surface area (Å²) in [5, 5.41) is 9.47. The Labute approximate surface area is 243 Å². The highest BCUT2D eigenvalue weighted by molar-refractivity contribution is 7.92. The van der Waals surface area contributed by atoms with E-state index in [4.69, 9.17) is 30.7 Å². The number of aromatic nitrogens is 4. The van der Waals surface area contributed by atoms with Gasteiger partial charge >= 0.3 is 0 Å². The molecular formula is C27H29N5O6S. The summed E-state index contributed by atoms with van der Waals surface area (Å²) in [6.07, 6.45) is 2.69. The van der Waals surface area contributed by atoms with Crippen LogP contribution in [0.4, 0.5) is 5.82 Å². The second-order valence-electron chi connectivity index (χ2n) is 7.71. The van der Waals surface area contributed by atoms with Crippen LogP contribution in [0.15, 0.2) is 71.9 Å². The zero-order chi connectivity index (χ0) is 38.0. The SMILES string of the molecule is [2H]C([2H])([2H])Oc1ccccc1Oc1c(NS(=O)(=O)c2ccc(C(C([2H])([2H])[2H])(C([2H])([2H])[2H])C([2H])([2H])[2H])cc2)nc(-c2ncccn2)nc1OCCO. The van der Waals surface area contributed by atoms with Crippen molar-refractivity contribution in [3.63, 3.8) is 0 Å². The number of sulfonamides is 1. The molecule has 0 atom stereocenters. The predicted octanol–water partition coefficient (Wildman–Crippen LogP) is 4.20. The molecule has 0 saturated heterocycles. The van der Waals surface area contributed by atoms with Crippen molar-refractivity contribution in [3.05, 3.63) is 72.6 Å². The molecule has 0 bridgehead atoms. The van der Waals surface area contributed by atoms with Crippen molar-refractivity contribution in [2.45, 2.75) is 30.9 Å². The Kier molecular flexibility index (Phi) is 4.76. The van der Waals surface area contributed by atoms with Gasteiger partial charge in [0, 0.05) is 24.7 Å². The van der Waals surface area contributed by atoms with E-state index in [0.29, 0.717) is 0 Å². The fraction of sp³-hybridized carbons (Fsp3) is 0.259. The van der Waals surface area contributed by atoms with Gasteiger partial charge in [-0.15, -0.1) is 0 Å². The van der Waals surface area contributed by atoms with Gasteiger partial charge in [0.25, 0.3) is 15.9 Å². The van der Waals surface area contributed by atoms with Crippen molar-refractivity contribution in [3.8, 4) is 34.8 Å². The maximum absolute atomic E-state index is 13.8. The average Bonchev–Trinajstić information content (AvgIpc) is 3.00. The van der Waals surface area contributed by atoms with Gasteiger partial charge in [-0.2, -0.15) is 4.98 Å². The number of aliphatic hydroxyl groups is 1. The second kappa shape index (κ2) is 11.6. The van der Waals surface area contributed by atoms with Gasteiger partial charge < -0.3 is 19.3 Å². The van der Waals surface area contributed by atoms with E-state index in [1.54, 1.807) is 0 Å². The molecule has 2 heterocycles. The normalized spacial score (nSPS) is 17.5. The van der Waals surface area contributed by atoms with Crippen molar-refractivity contribution in [1.29, 1.82) is 0 Å². The van der Waals surface area contributed by atoms with E-state index >= 15 is 0 Å². The molecule has 12 heteroatoms. The van der Waals surface area contributed by atoms with Crippen LogP contribution in [0.5, 0.6) is 23.1 Å². The van der Waals surface area contributed by atoms with E-state index in [9.17, 15) is 13.5 Å². The van der Waals surface area contributed by atoms with Crippen molar-refractivity contribution in [1.82, 2.24) is 19.9 Å². The Morgan fingerprint density at radius 3 is 2.33 bits per heavy atom. The first-order valence-electron chi connectivity index (χ1n) is 17.0. The zero-order valence-electron chi connectivity index (χ0n) is 32.0. The monoisotopic (exact) mass is 563 g/mol. The molecule has 2 aromatic carbocycles. The molecule has 4 rings (SSSR count). The molecule has 0 aliphatic carbocycles. The number of para-hydroxylation sites is 2. The number of anilines is 1. The molecule has 11 nitrogen and oxygen atoms in total. The topological polar surface area (TPSA) is 146 Å². The van der Waals surface area contributed by atoms with Crippen molar-refractivity contribution >= 4 is 15.8 Å². The number of hydrogen-bond donors (Lipinski definition) is 2. The molecule has 2 aromatic heterocycles. The maximum Gasteiger partial charge on any atom is 0.263 e. The molecule has 0 saturated carbocycles. The minimum Gasteiger partial charge on any atom is -0.493 e. The molecular weight excluding hydrogens is 522 g/mol. The van der Waals surface area contributed by atoms with Crippen LogP contribution in [0.25, 0.3) is 11.6 Å². The second-order valence-corrected chi connectivity index (χ2v) is 9.39. The van der Waals surface area contributed by atoms with Crippen molar-refractivity contribution < 1.29 is 44.2 Å². The van der Waals surface area contributed by atoms with Gasteiger partial charge in [0.05, 0.1) is 22.7 Å². The molecule has 0 unspecified atom stereocenters. The molecule has 0 aliphatic heterocycles. The van der Waals surface area contributed by atoms with E-state index in [0.717, 1.165) is 24.3 Å². The number of aliphatic hydroxyl groups excluding tert-OH is 1. The zero-order valence-corrected chi connectivity index (χ0v) is 20.8. The fourth-order valence-corrected chi connectivity index (χ4v) is 4.15. The predicted molar refractivity (Wildman–Crippen MR) is 145 cm³/mol. The number of methoxy groups -OCH3 is 1. The lowest BCUT2D eigenvalue weighted by atomic mass is 9.87. The summed E-state index contributed by atoms with van der Waals surface area (Å²) in [4.78, 5) is 15.9. The standard InChI is InChI=1S/C27H29N5O6S/c1-27(2,3)18-10-12-19(13-11-18)39(34,35)32-23-22(38-21-9-6-5-8-20(21)36-4)26(37-17-16-33)31-25(30-23)24-28-14-7-15-29-24/h5-15,33H,16-17H2,1-4H3,(H,30,31,32)/i1D3,2D3,3D3,4D3. The molecule has 0 fully saturated rings. The van der Waals surface area contributed by atoms with Gasteiger partial charge in [-0.05, 0) is 41.3 Å². The molecule has 0 amide bonds. The summed E-state index contributed by atoms with van der Waals surface area (Å²) in [7, 11) is -7.70. The number of nitrogens with zero attached hydrogens (tertiary/aromatic N) is 4. The first-order valence-corrected chi connectivity index (χ1v) is 12.5. The first kappa shape index (κ1) is 16.0. The Morgan fingerprint density at radius 2 is 1.67 bits per heavy atom. The Bertz CT molecular complexity index is 1900. The van der Waals surface area contributed by atoms with Crippen LogP contribution < -0.4 is 18.9 Å². The summed E-state index contributed by atoms with van der Waals surface area (Å²) in [6, 6.07) is 10.1. The fourth-order valence-electron chi connectivity index (χ4n) is 3.14. The van der Waals surface area contributed by atoms with Gasteiger partial charge in [-0.25, -0.2) is 23.4 Å². The number of hydrogen-bond acceptors (Lipinski definition) is 10. The van der Waals surface area contributed by atoms with E-state index in [2.05, 4.69) is 24.7 Å². The van der Waals surface area contributed by atoms with Crippen LogP contribution in [0, 0.1) is 0 Å². The molecule has 4 aromatic rings. The van der Waals surface area contributed by atoms with Crippen LogP contribution in [0.2, 0.25) is 0 Å². The minimum absolute atomic E-state index is 0.107. The van der Waals surface area contributed by atoms with Crippen LogP contribution in [0.3, 0.4) is 0 Å². The number of rotatable bonds is 10. The van der Waals surface area contributed by atoms with Gasteiger partial charge in [0.15, 0.2) is 23.1 Å². The van der Waals surface area contributed by atoms with Gasteiger partial charge in [0.1, 0.15) is 6.61 Å². The van der Waals surface area contributed by atoms with Crippen molar-refractivity contribution in [2.24, 2.45) is 0 Å². The van der Waals surface area contributed by atoms with Crippen LogP contribution in [-0.4, -0.2) is 53.7 Å². The van der Waals surface area contributed by atoms with Crippen LogP contribution in [0.1, 0.15) is 42.6 Å². The molecule has 0 radical (unpaired) electrons. The highest BCUT2D eigenvalue weighted by atomic mass is 32.2. The van der Waals surface area contributed by atoms with E-state index in [-0.39, 0.29) is 29.8 Å². The number of benzene rings is 2. The van der Waals surface area contributed by atoms with E-state index in [1.165, 1.54) is 42.7 Å². The largest absolute Gasteiger partial charge is 0.493 e. The lowest BCUT2D eigenvalue weighted by Gasteiger charge is -2.20. The average molecular weight is 564 g/mol. The smallest absolute Gasteiger partial charge is 0.263 e. The third kappa shape index (κ3) is 6.59. The summed E-state index contributed by atoms with van der Waals surface area (Å²) in [6.45, 7) is -11.7. The lowest BCUT2D eigenvalue weighted by Crippen LogP contribution is -2.17. The quantitative estimate of drug-likeness (QED) is 0.288. The molecule has 204 valence electrons. The van der Waals surface area contributed by atoms with E-state index < -0.39 is 77.5 Å². The van der Waals surface area contributed by atoms with Crippen LogP contribution in [-0.2, 0) is 15.4 Å². The highest BCUT2D eigenvalue weighted by Gasteiger charge is 2.26. The summed E-state index contributed by atoms with van der Waals surface area (Å²) < 4.78 is 140. The Balaban J connectivity index is 1.89. The number of ether oxygens (including phenoxy) is 3. The van der Waals surface area contributed by atoms with Crippen LogP contribution >= 0.6 is 0 Å². The molecule has 0 spiro atoms. The Hall–Kier alpha value is -4.29. The summed E-state index contributed by atoms with van der Waals surface area (Å²) in [5.41, 5.74) is -4.08. The molecule has 39 heavy (non-hydrogen) atoms. The minimum atomic E-state index is -4.78. The Morgan fingerprint density at radius 1 is 0.949 bits per heavy atom. The lowest BCUT2D eigenvalue weighted by molar-refractivity contribution is 0.192. The maximum atomic E-state index is 13.8. The van der Waals surface area contributed by atoms with Crippen molar-refractivity contribution in [2.75, 3.05) is 25.0 Å². The van der Waals surface area contributed by atoms with Gasteiger partial charge in [0.2, 0.25) is 11.6 Å².